The van der Waals surface area contributed by atoms with Crippen LogP contribution in [0.25, 0.3) is 0 Å². The molecule has 0 saturated heterocycles. The fraction of sp³-hybridized carbons (Fsp3) is 0.667. The third kappa shape index (κ3) is 7.35. The Morgan fingerprint density at radius 1 is 0.767 bits per heavy atom. The topological polar surface area (TPSA) is 162 Å². The average molecular weight is 455 g/mol. The maximum absolute atomic E-state index is 12.0. The summed E-state index contributed by atoms with van der Waals surface area (Å²) in [6, 6.07) is -1.14. The summed E-state index contributed by atoms with van der Waals surface area (Å²) in [5, 5.41) is 24.3. The van der Waals surface area contributed by atoms with Gasteiger partial charge in [-0.1, -0.05) is 50.4 Å². The molecule has 0 aliphatic rings. The van der Waals surface area contributed by atoms with E-state index >= 15 is 0 Å². The van der Waals surface area contributed by atoms with Crippen LogP contribution in [0.4, 0.5) is 10.3 Å². The van der Waals surface area contributed by atoms with Crippen molar-refractivity contribution in [2.45, 2.75) is 65.5 Å². The summed E-state index contributed by atoms with van der Waals surface area (Å²) in [4.78, 5) is 24.0. The molecule has 2 heterocycles. The molecule has 0 aliphatic carbocycles. The lowest BCUT2D eigenvalue weighted by Gasteiger charge is -2.13. The Hall–Kier alpha value is -2.02. The van der Waals surface area contributed by atoms with Crippen LogP contribution in [0, 0.1) is 11.8 Å². The number of rotatable bonds is 11. The average Bonchev–Trinajstić information content (AvgIpc) is 3.32. The highest BCUT2D eigenvalue weighted by molar-refractivity contribution is 7.15. The molecule has 0 bridgehead atoms. The minimum Gasteiger partial charge on any atom is -0.320 e. The molecule has 0 aromatic carbocycles. The first kappa shape index (κ1) is 24.3. The van der Waals surface area contributed by atoms with Crippen molar-refractivity contribution in [1.82, 2.24) is 20.4 Å². The maximum atomic E-state index is 12.0. The molecule has 10 nitrogen and oxygen atoms in total. The zero-order chi connectivity index (χ0) is 22.3. The number of aryl methyl sites for hydroxylation is 2. The Labute approximate surface area is 184 Å². The summed E-state index contributed by atoms with van der Waals surface area (Å²) in [6.45, 7) is 7.58. The highest BCUT2D eigenvalue weighted by Crippen LogP contribution is 2.20. The van der Waals surface area contributed by atoms with Gasteiger partial charge in [-0.3, -0.25) is 20.2 Å². The summed E-state index contributed by atoms with van der Waals surface area (Å²) >= 11 is 2.72. The van der Waals surface area contributed by atoms with E-state index in [0.717, 1.165) is 35.7 Å². The molecule has 0 radical (unpaired) electrons. The van der Waals surface area contributed by atoms with E-state index in [1.54, 1.807) is 0 Å². The third-order valence-electron chi connectivity index (χ3n) is 4.47. The number of carbonyl (C=O) groups is 2. The molecule has 30 heavy (non-hydrogen) atoms. The predicted octanol–water partition coefficient (Wildman–Crippen LogP) is 1.80. The summed E-state index contributed by atoms with van der Waals surface area (Å²) in [6.07, 6.45) is 3.31. The van der Waals surface area contributed by atoms with Gasteiger partial charge in [0, 0.05) is 12.8 Å². The summed E-state index contributed by atoms with van der Waals surface area (Å²) in [7, 11) is 0. The number of hydrogen-bond acceptors (Lipinski definition) is 10. The summed E-state index contributed by atoms with van der Waals surface area (Å²) in [5.74, 6) is -0.389. The van der Waals surface area contributed by atoms with Gasteiger partial charge in [0.2, 0.25) is 22.1 Å². The smallest absolute Gasteiger partial charge is 0.243 e. The standard InChI is InChI=1S/C18H30N8O2S2/c1-9(2)13(19)15(27)21-17-25-23-11(29-17)7-5-6-8-12-24-26-18(30-12)22-16(28)14(20)10(3)4/h9-10,13-14H,5-8,19-20H2,1-4H3,(H,21,25,27)(H,22,26,28). The number of nitrogens with zero attached hydrogens (tertiary/aromatic N) is 4. The first-order chi connectivity index (χ1) is 14.2. The van der Waals surface area contributed by atoms with Crippen molar-refractivity contribution in [3.8, 4) is 0 Å². The van der Waals surface area contributed by atoms with E-state index in [9.17, 15) is 9.59 Å². The lowest BCUT2D eigenvalue weighted by Crippen LogP contribution is -2.39. The Balaban J connectivity index is 1.72. The van der Waals surface area contributed by atoms with E-state index in [4.69, 9.17) is 11.5 Å². The quantitative estimate of drug-likeness (QED) is 0.374. The van der Waals surface area contributed by atoms with E-state index in [1.807, 2.05) is 27.7 Å². The van der Waals surface area contributed by atoms with Gasteiger partial charge in [-0.15, -0.1) is 20.4 Å². The zero-order valence-corrected chi connectivity index (χ0v) is 19.3. The van der Waals surface area contributed by atoms with Crippen molar-refractivity contribution in [2.24, 2.45) is 23.3 Å². The van der Waals surface area contributed by atoms with Crippen LogP contribution in [-0.4, -0.2) is 44.3 Å². The van der Waals surface area contributed by atoms with Gasteiger partial charge in [0.25, 0.3) is 0 Å². The maximum Gasteiger partial charge on any atom is 0.243 e. The molecular formula is C18H30N8O2S2. The van der Waals surface area contributed by atoms with Crippen LogP contribution in [0.2, 0.25) is 0 Å². The molecule has 0 saturated carbocycles. The van der Waals surface area contributed by atoms with Crippen LogP contribution >= 0.6 is 22.7 Å². The number of unbranched alkanes of at least 4 members (excludes halogenated alkanes) is 1. The lowest BCUT2D eigenvalue weighted by atomic mass is 10.1. The molecule has 0 spiro atoms. The summed E-state index contributed by atoms with van der Waals surface area (Å²) < 4.78 is 0. The number of nitrogens with one attached hydrogen (secondary N) is 2. The normalized spacial score (nSPS) is 13.5. The largest absolute Gasteiger partial charge is 0.320 e. The minimum absolute atomic E-state index is 0.0542. The fourth-order valence-electron chi connectivity index (χ4n) is 2.35. The van der Waals surface area contributed by atoms with Crippen LogP contribution in [0.5, 0.6) is 0 Å². The number of nitrogens with two attached hydrogens (primary N) is 2. The van der Waals surface area contributed by atoms with Gasteiger partial charge in [0.1, 0.15) is 10.0 Å². The van der Waals surface area contributed by atoms with Gasteiger partial charge in [-0.25, -0.2) is 0 Å². The molecule has 0 fully saturated rings. The number of amides is 2. The number of hydrogen-bond donors (Lipinski definition) is 4. The van der Waals surface area contributed by atoms with Gasteiger partial charge in [-0.2, -0.15) is 0 Å². The van der Waals surface area contributed by atoms with Gasteiger partial charge in [0.05, 0.1) is 12.1 Å². The molecule has 12 heteroatoms. The predicted molar refractivity (Wildman–Crippen MR) is 119 cm³/mol. The van der Waals surface area contributed by atoms with Crippen LogP contribution < -0.4 is 22.1 Å². The van der Waals surface area contributed by atoms with Crippen LogP contribution in [0.3, 0.4) is 0 Å². The molecular weight excluding hydrogens is 424 g/mol. The minimum atomic E-state index is -0.569. The SMILES string of the molecule is CC(C)C(N)C(=O)Nc1nnc(CCCCc2nnc(NC(=O)C(N)C(C)C)s2)s1. The number of carbonyl (C=O) groups excluding carboxylic acids is 2. The van der Waals surface area contributed by atoms with Crippen LogP contribution in [-0.2, 0) is 22.4 Å². The van der Waals surface area contributed by atoms with Crippen LogP contribution in [0.15, 0.2) is 0 Å². The highest BCUT2D eigenvalue weighted by atomic mass is 32.1. The van der Waals surface area contributed by atoms with Crippen molar-refractivity contribution in [3.63, 3.8) is 0 Å². The highest BCUT2D eigenvalue weighted by Gasteiger charge is 2.20. The first-order valence-electron chi connectivity index (χ1n) is 9.95. The fourth-order valence-corrected chi connectivity index (χ4v) is 3.91. The second kappa shape index (κ2) is 11.4. The number of aromatic nitrogens is 4. The van der Waals surface area contributed by atoms with Crippen molar-refractivity contribution >= 4 is 44.8 Å². The van der Waals surface area contributed by atoms with E-state index in [1.165, 1.54) is 22.7 Å². The van der Waals surface area contributed by atoms with Gasteiger partial charge < -0.3 is 11.5 Å². The lowest BCUT2D eigenvalue weighted by molar-refractivity contribution is -0.119. The Kier molecular flexibility index (Phi) is 9.21. The van der Waals surface area contributed by atoms with E-state index < -0.39 is 12.1 Å². The Bertz CT molecular complexity index is 768. The monoisotopic (exact) mass is 454 g/mol. The van der Waals surface area contributed by atoms with Gasteiger partial charge in [-0.05, 0) is 24.7 Å². The molecule has 6 N–H and O–H groups in total. The molecule has 0 aliphatic heterocycles. The first-order valence-corrected chi connectivity index (χ1v) is 11.6. The van der Waals surface area contributed by atoms with Crippen molar-refractivity contribution < 1.29 is 9.59 Å². The Morgan fingerprint density at radius 2 is 1.13 bits per heavy atom. The van der Waals surface area contributed by atoms with Crippen LogP contribution in [0.1, 0.15) is 50.6 Å². The zero-order valence-electron chi connectivity index (χ0n) is 17.7. The molecule has 2 aromatic rings. The molecule has 2 unspecified atom stereocenters. The van der Waals surface area contributed by atoms with Gasteiger partial charge in [0.15, 0.2) is 0 Å². The van der Waals surface area contributed by atoms with Crippen molar-refractivity contribution in [1.29, 1.82) is 0 Å². The second-order valence-electron chi connectivity index (χ2n) is 7.73. The van der Waals surface area contributed by atoms with Crippen molar-refractivity contribution in [3.05, 3.63) is 10.0 Å². The van der Waals surface area contributed by atoms with E-state index in [0.29, 0.717) is 10.3 Å². The molecule has 166 valence electrons. The van der Waals surface area contributed by atoms with Gasteiger partial charge >= 0.3 is 0 Å². The van der Waals surface area contributed by atoms with Crippen molar-refractivity contribution in [2.75, 3.05) is 10.6 Å². The molecule has 2 rings (SSSR count). The van der Waals surface area contributed by atoms with E-state index in [-0.39, 0.29) is 23.7 Å². The summed E-state index contributed by atoms with van der Waals surface area (Å²) in [5.41, 5.74) is 11.7. The Morgan fingerprint density at radius 3 is 1.47 bits per heavy atom. The number of anilines is 2. The molecule has 2 amide bonds. The molecule has 2 aromatic heterocycles. The van der Waals surface area contributed by atoms with E-state index in [2.05, 4.69) is 31.0 Å². The second-order valence-corrected chi connectivity index (χ2v) is 9.85. The molecule has 2 atom stereocenters. The third-order valence-corrected chi connectivity index (χ3v) is 6.26.